The van der Waals surface area contributed by atoms with Crippen LogP contribution in [0.2, 0.25) is 0 Å². The third kappa shape index (κ3) is 4.00. The van der Waals surface area contributed by atoms with E-state index in [9.17, 15) is 9.59 Å². The lowest BCUT2D eigenvalue weighted by Crippen LogP contribution is -2.40. The summed E-state index contributed by atoms with van der Waals surface area (Å²) in [6.45, 7) is 2.06. The quantitative estimate of drug-likeness (QED) is 0.693. The highest BCUT2D eigenvalue weighted by atomic mass is 32.1. The maximum Gasteiger partial charge on any atom is 0.326 e. The number of carbonyl (C=O) groups excluding carboxylic acids is 1. The van der Waals surface area contributed by atoms with Crippen LogP contribution in [0.1, 0.15) is 30.3 Å². The molecule has 1 aromatic carbocycles. The van der Waals surface area contributed by atoms with Gasteiger partial charge in [0.15, 0.2) is 16.6 Å². The van der Waals surface area contributed by atoms with E-state index in [0.29, 0.717) is 29.5 Å². The molecule has 1 atom stereocenters. The Kier molecular flexibility index (Phi) is 5.03. The van der Waals surface area contributed by atoms with Crippen LogP contribution in [0.4, 0.5) is 10.8 Å². The third-order valence-electron chi connectivity index (χ3n) is 3.54. The molecule has 0 radical (unpaired) electrons. The minimum absolute atomic E-state index is 0.176. The number of rotatable bonds is 7. The summed E-state index contributed by atoms with van der Waals surface area (Å²) in [5.41, 5.74) is 0.926. The number of nitrogens with one attached hydrogen (secondary N) is 2. The molecule has 0 spiro atoms. The van der Waals surface area contributed by atoms with Crippen LogP contribution in [0.25, 0.3) is 0 Å². The van der Waals surface area contributed by atoms with Gasteiger partial charge in [0, 0.05) is 17.1 Å². The smallest absolute Gasteiger partial charge is 0.326 e. The summed E-state index contributed by atoms with van der Waals surface area (Å²) in [6, 6.07) is 4.47. The molecular formula is C16H17N3O5S. The number of carbonyl (C=O) groups is 2. The van der Waals surface area contributed by atoms with Gasteiger partial charge in [-0.05, 0) is 18.6 Å². The lowest BCUT2D eigenvalue weighted by molar-refractivity contribution is -0.139. The number of aliphatic carboxylic acids is 1. The van der Waals surface area contributed by atoms with Gasteiger partial charge in [-0.2, -0.15) is 0 Å². The zero-order valence-corrected chi connectivity index (χ0v) is 14.3. The number of anilines is 2. The lowest BCUT2D eigenvalue weighted by Gasteiger charge is -2.12. The maximum absolute atomic E-state index is 12.2. The van der Waals surface area contributed by atoms with Gasteiger partial charge in [0.25, 0.3) is 5.91 Å². The van der Waals surface area contributed by atoms with Crippen molar-refractivity contribution in [2.45, 2.75) is 25.8 Å². The Hall–Kier alpha value is -2.81. The Morgan fingerprint density at radius 1 is 1.36 bits per heavy atom. The van der Waals surface area contributed by atoms with Gasteiger partial charge in [-0.25, -0.2) is 9.78 Å². The van der Waals surface area contributed by atoms with Crippen LogP contribution in [0.15, 0.2) is 23.6 Å². The van der Waals surface area contributed by atoms with Crippen LogP contribution < -0.4 is 20.1 Å². The minimum atomic E-state index is -1.05. The third-order valence-corrected chi connectivity index (χ3v) is 4.30. The fourth-order valence-electron chi connectivity index (χ4n) is 2.31. The summed E-state index contributed by atoms with van der Waals surface area (Å²) in [5, 5.41) is 16.8. The van der Waals surface area contributed by atoms with Crippen LogP contribution >= 0.6 is 11.3 Å². The molecule has 2 aromatic rings. The zero-order chi connectivity index (χ0) is 17.8. The fraction of sp³-hybridized carbons (Fsp3) is 0.312. The molecule has 0 fully saturated rings. The zero-order valence-electron chi connectivity index (χ0n) is 13.4. The number of aromatic nitrogens is 1. The van der Waals surface area contributed by atoms with Crippen molar-refractivity contribution < 1.29 is 24.2 Å². The Morgan fingerprint density at radius 3 is 2.92 bits per heavy atom. The van der Waals surface area contributed by atoms with Crippen LogP contribution in [0, 0.1) is 0 Å². The predicted molar refractivity (Wildman–Crippen MR) is 91.8 cm³/mol. The van der Waals surface area contributed by atoms with E-state index < -0.39 is 17.9 Å². The summed E-state index contributed by atoms with van der Waals surface area (Å²) in [4.78, 5) is 27.5. The van der Waals surface area contributed by atoms with Gasteiger partial charge in [0.1, 0.15) is 11.7 Å². The number of nitrogens with zero attached hydrogens (tertiary/aromatic N) is 1. The number of carboxylic acids is 1. The second-order valence-corrected chi connectivity index (χ2v) is 6.24. The number of fused-ring (bicyclic) bond motifs is 1. The summed E-state index contributed by atoms with van der Waals surface area (Å²) in [6.07, 6.45) is 1.03. The summed E-state index contributed by atoms with van der Waals surface area (Å²) in [5.74, 6) is -0.233. The minimum Gasteiger partial charge on any atom is -0.480 e. The van der Waals surface area contributed by atoms with E-state index in [-0.39, 0.29) is 12.5 Å². The number of benzene rings is 1. The highest BCUT2D eigenvalue weighted by Crippen LogP contribution is 2.35. The van der Waals surface area contributed by atoms with E-state index in [4.69, 9.17) is 14.6 Å². The second-order valence-electron chi connectivity index (χ2n) is 5.38. The average molecular weight is 363 g/mol. The molecule has 132 valence electrons. The molecule has 0 saturated carbocycles. The Morgan fingerprint density at radius 2 is 2.16 bits per heavy atom. The summed E-state index contributed by atoms with van der Waals surface area (Å²) in [7, 11) is 0. The van der Waals surface area contributed by atoms with Gasteiger partial charge >= 0.3 is 5.97 Å². The normalized spacial score (nSPS) is 13.3. The number of hydrogen-bond donors (Lipinski definition) is 3. The maximum atomic E-state index is 12.2. The fourth-order valence-corrected chi connectivity index (χ4v) is 3.02. The van der Waals surface area contributed by atoms with E-state index in [1.54, 1.807) is 17.5 Å². The van der Waals surface area contributed by atoms with Gasteiger partial charge in [0.05, 0.1) is 0 Å². The van der Waals surface area contributed by atoms with Crippen molar-refractivity contribution in [3.63, 3.8) is 0 Å². The molecular weight excluding hydrogens is 346 g/mol. The van der Waals surface area contributed by atoms with Gasteiger partial charge in [-0.3, -0.25) is 4.79 Å². The summed E-state index contributed by atoms with van der Waals surface area (Å²) < 4.78 is 10.6. The molecule has 1 aliphatic heterocycles. The van der Waals surface area contributed by atoms with Crippen LogP contribution in [0.3, 0.4) is 0 Å². The van der Waals surface area contributed by atoms with E-state index in [1.807, 2.05) is 13.0 Å². The monoisotopic (exact) mass is 363 g/mol. The van der Waals surface area contributed by atoms with Crippen molar-refractivity contribution in [2.75, 3.05) is 12.1 Å². The number of carboxylic acid groups (broad SMARTS) is 1. The standard InChI is InChI=1S/C16H17N3O5S/c1-2-3-10(15(21)22)18-14(20)11-7-25-16(19-11)17-9-4-5-12-13(6-9)24-8-23-12/h4-7,10H,2-3,8H2,1H3,(H,17,19)(H,18,20)(H,21,22). The molecule has 0 saturated heterocycles. The van der Waals surface area contributed by atoms with E-state index in [0.717, 1.165) is 5.69 Å². The van der Waals surface area contributed by atoms with Crippen LogP contribution in [-0.2, 0) is 4.79 Å². The summed E-state index contributed by atoms with van der Waals surface area (Å²) >= 11 is 1.25. The van der Waals surface area contributed by atoms with Gasteiger partial charge < -0.3 is 25.2 Å². The number of thiazole rings is 1. The molecule has 1 aromatic heterocycles. The van der Waals surface area contributed by atoms with Gasteiger partial charge in [-0.15, -0.1) is 11.3 Å². The number of hydrogen-bond acceptors (Lipinski definition) is 7. The van der Waals surface area contributed by atoms with Crippen molar-refractivity contribution in [3.05, 3.63) is 29.3 Å². The Balaban J connectivity index is 1.65. The molecule has 9 heteroatoms. The molecule has 0 aliphatic carbocycles. The van der Waals surface area contributed by atoms with E-state index >= 15 is 0 Å². The molecule has 0 bridgehead atoms. The SMILES string of the molecule is CCCC(NC(=O)c1csc(Nc2ccc3c(c2)OCO3)n1)C(=O)O. The molecule has 2 heterocycles. The largest absolute Gasteiger partial charge is 0.480 e. The van der Waals surface area contributed by atoms with Gasteiger partial charge in [-0.1, -0.05) is 13.3 Å². The van der Waals surface area contributed by atoms with Crippen molar-refractivity contribution in [3.8, 4) is 11.5 Å². The first-order valence-corrected chi connectivity index (χ1v) is 8.60. The highest BCUT2D eigenvalue weighted by molar-refractivity contribution is 7.14. The lowest BCUT2D eigenvalue weighted by atomic mass is 10.1. The van der Waals surface area contributed by atoms with E-state index in [2.05, 4.69) is 15.6 Å². The Labute approximate surface area is 147 Å². The van der Waals surface area contributed by atoms with Crippen molar-refractivity contribution in [1.82, 2.24) is 10.3 Å². The molecule has 1 unspecified atom stereocenters. The first-order chi connectivity index (χ1) is 12.1. The Bertz CT molecular complexity index is 792. The van der Waals surface area contributed by atoms with Crippen LogP contribution in [-0.4, -0.2) is 34.8 Å². The molecule has 25 heavy (non-hydrogen) atoms. The van der Waals surface area contributed by atoms with Gasteiger partial charge in [0.2, 0.25) is 6.79 Å². The van der Waals surface area contributed by atoms with Crippen molar-refractivity contribution in [1.29, 1.82) is 0 Å². The number of ether oxygens (including phenoxy) is 2. The molecule has 1 amide bonds. The highest BCUT2D eigenvalue weighted by Gasteiger charge is 2.21. The predicted octanol–water partition coefficient (Wildman–Crippen LogP) is 2.60. The first kappa shape index (κ1) is 17.0. The number of amides is 1. The second kappa shape index (κ2) is 7.39. The molecule has 8 nitrogen and oxygen atoms in total. The molecule has 3 rings (SSSR count). The average Bonchev–Trinajstić information content (AvgIpc) is 3.23. The van der Waals surface area contributed by atoms with Crippen LogP contribution in [0.5, 0.6) is 11.5 Å². The van der Waals surface area contributed by atoms with Crippen molar-refractivity contribution in [2.24, 2.45) is 0 Å². The molecule has 3 N–H and O–H groups in total. The topological polar surface area (TPSA) is 110 Å². The first-order valence-electron chi connectivity index (χ1n) is 7.72. The van der Waals surface area contributed by atoms with E-state index in [1.165, 1.54) is 11.3 Å². The molecule has 1 aliphatic rings. The van der Waals surface area contributed by atoms with Crippen molar-refractivity contribution >= 4 is 34.0 Å².